The monoisotopic (exact) mass is 659 g/mol. The predicted octanol–water partition coefficient (Wildman–Crippen LogP) is 9.14. The fraction of sp³-hybridized carbons (Fsp3) is 0.462. The van der Waals surface area contributed by atoms with Gasteiger partial charge in [-0.1, -0.05) is 118 Å². The summed E-state index contributed by atoms with van der Waals surface area (Å²) in [7, 11) is 0. The number of carbonyl (C=O) groups is 2. The molecule has 2 amide bonds. The smallest absolute Gasteiger partial charge is 0.225 e. The number of hydrogen-bond donors (Lipinski definition) is 4. The molecule has 4 rings (SSSR count). The second-order valence-corrected chi connectivity index (χ2v) is 16.2. The second kappa shape index (κ2) is 13.7. The highest BCUT2D eigenvalue weighted by molar-refractivity contribution is 5.82. The summed E-state index contributed by atoms with van der Waals surface area (Å²) < 4.78 is 28.1. The molecule has 0 aliphatic rings. The molecule has 0 aliphatic heterocycles. The molecule has 48 heavy (non-hydrogen) atoms. The van der Waals surface area contributed by atoms with Gasteiger partial charge in [-0.2, -0.15) is 0 Å². The Morgan fingerprint density at radius 2 is 1.02 bits per heavy atom. The summed E-state index contributed by atoms with van der Waals surface area (Å²) >= 11 is 0. The minimum Gasteiger partial charge on any atom is -0.357 e. The molecule has 0 fully saturated rings. The number of nitrogens with zero attached hydrogens (tertiary/aromatic N) is 1. The number of amides is 2. The van der Waals surface area contributed by atoms with E-state index in [9.17, 15) is 18.4 Å². The van der Waals surface area contributed by atoms with E-state index in [0.29, 0.717) is 5.82 Å². The number of nitrogens with one attached hydrogen (secondary N) is 4. The highest BCUT2D eigenvalue weighted by Crippen LogP contribution is 2.37. The van der Waals surface area contributed by atoms with Crippen LogP contribution in [0.3, 0.4) is 0 Å². The molecule has 7 nitrogen and oxygen atoms in total. The number of H-pyrrole nitrogens is 2. The molecule has 4 aromatic rings. The molecule has 4 N–H and O–H groups in total. The maximum atomic E-state index is 14.1. The molecule has 0 saturated carbocycles. The van der Waals surface area contributed by atoms with Gasteiger partial charge in [0.1, 0.15) is 5.82 Å². The van der Waals surface area contributed by atoms with Gasteiger partial charge in [0, 0.05) is 33.0 Å². The number of imidazole rings is 1. The Bertz CT molecular complexity index is 1580. The SMILES string of the molecule is CC(C)(C)C(=O)N[C@H](c1ccc(-c2ccc(-c3ccc(-c4cnc([C@@H](NC(=O)C(C)(C)C)C(C)(C)CF)[nH]4)cc3)cc2)[nH]1)C(C)(C)CF. The molecule has 0 bridgehead atoms. The molecular weight excluding hydrogens is 608 g/mol. The lowest BCUT2D eigenvalue weighted by Crippen LogP contribution is -2.44. The lowest BCUT2D eigenvalue weighted by Gasteiger charge is -2.34. The molecule has 258 valence electrons. The quantitative estimate of drug-likeness (QED) is 0.129. The zero-order valence-electron chi connectivity index (χ0n) is 29.9. The van der Waals surface area contributed by atoms with E-state index in [0.717, 1.165) is 39.3 Å². The molecule has 2 aromatic carbocycles. The van der Waals surface area contributed by atoms with Crippen LogP contribution in [0.2, 0.25) is 0 Å². The largest absolute Gasteiger partial charge is 0.357 e. The first kappa shape index (κ1) is 36.6. The summed E-state index contributed by atoms with van der Waals surface area (Å²) in [6.45, 7) is 17.0. The normalized spacial score (nSPS) is 14.0. The van der Waals surface area contributed by atoms with Crippen LogP contribution in [0.15, 0.2) is 66.9 Å². The Morgan fingerprint density at radius 1 is 0.604 bits per heavy atom. The van der Waals surface area contributed by atoms with E-state index >= 15 is 0 Å². The van der Waals surface area contributed by atoms with Gasteiger partial charge in [-0.05, 0) is 34.4 Å². The summed E-state index contributed by atoms with van der Waals surface area (Å²) in [6, 6.07) is 18.9. The summed E-state index contributed by atoms with van der Waals surface area (Å²) in [6.07, 6.45) is 1.71. The third kappa shape index (κ3) is 8.23. The lowest BCUT2D eigenvalue weighted by atomic mass is 9.82. The van der Waals surface area contributed by atoms with Gasteiger partial charge >= 0.3 is 0 Å². The van der Waals surface area contributed by atoms with Crippen molar-refractivity contribution in [1.29, 1.82) is 0 Å². The number of aromatic amines is 2. The minimum absolute atomic E-state index is 0.136. The zero-order chi connectivity index (χ0) is 35.7. The van der Waals surface area contributed by atoms with Crippen LogP contribution in [0.25, 0.3) is 33.6 Å². The van der Waals surface area contributed by atoms with Crippen molar-refractivity contribution >= 4 is 11.8 Å². The van der Waals surface area contributed by atoms with Crippen molar-refractivity contribution in [3.05, 3.63) is 78.4 Å². The molecule has 2 atom stereocenters. The van der Waals surface area contributed by atoms with E-state index in [1.54, 1.807) is 20.0 Å². The van der Waals surface area contributed by atoms with Gasteiger partial charge < -0.3 is 20.6 Å². The van der Waals surface area contributed by atoms with E-state index in [1.807, 2.05) is 116 Å². The Hall–Kier alpha value is -4.27. The molecule has 0 aliphatic carbocycles. The predicted molar refractivity (Wildman–Crippen MR) is 189 cm³/mol. The van der Waals surface area contributed by atoms with E-state index in [-0.39, 0.29) is 11.8 Å². The van der Waals surface area contributed by atoms with Crippen molar-refractivity contribution in [2.45, 2.75) is 81.3 Å². The number of benzene rings is 2. The Labute approximate surface area is 283 Å². The molecule has 0 unspecified atom stereocenters. The van der Waals surface area contributed by atoms with E-state index in [1.165, 1.54) is 0 Å². The highest BCUT2D eigenvalue weighted by Gasteiger charge is 2.37. The third-order valence-electron chi connectivity index (χ3n) is 8.78. The maximum absolute atomic E-state index is 14.1. The van der Waals surface area contributed by atoms with Gasteiger partial charge in [0.05, 0.1) is 37.3 Å². The fourth-order valence-electron chi connectivity index (χ4n) is 5.24. The number of hydrogen-bond acceptors (Lipinski definition) is 3. The molecule has 2 heterocycles. The van der Waals surface area contributed by atoms with Crippen molar-refractivity contribution in [3.8, 4) is 33.6 Å². The van der Waals surface area contributed by atoms with Crippen molar-refractivity contribution in [2.24, 2.45) is 21.7 Å². The van der Waals surface area contributed by atoms with Crippen LogP contribution >= 0.6 is 0 Å². The van der Waals surface area contributed by atoms with Crippen LogP contribution in [0.1, 0.15) is 92.8 Å². The standard InChI is InChI=1S/C39H51F2N5O2/c1-36(2,3)34(47)45-31(38(7,8)22-40)29-20-19-28(43-29)26-15-11-24(12-16-26)25-13-17-27(18-14-25)30-21-42-33(44-30)32(39(9,10)23-41)46-35(48)37(4,5)6/h11-21,31-32,43H,22-23H2,1-10H3,(H,42,44)(H,45,47)(H,46,48)/t31-,32-/m1/s1. The Kier molecular flexibility index (Phi) is 10.4. The summed E-state index contributed by atoms with van der Waals surface area (Å²) in [5.74, 6) is 0.199. The van der Waals surface area contributed by atoms with Gasteiger partial charge in [0.2, 0.25) is 11.8 Å². The van der Waals surface area contributed by atoms with E-state index in [4.69, 9.17) is 0 Å². The zero-order valence-corrected chi connectivity index (χ0v) is 29.9. The molecular formula is C39H51F2N5O2. The summed E-state index contributed by atoms with van der Waals surface area (Å²) in [4.78, 5) is 36.9. The van der Waals surface area contributed by atoms with E-state index < -0.39 is 47.1 Å². The molecule has 0 radical (unpaired) electrons. The van der Waals surface area contributed by atoms with Crippen LogP contribution in [-0.2, 0) is 9.59 Å². The second-order valence-electron chi connectivity index (χ2n) is 16.2. The highest BCUT2D eigenvalue weighted by atomic mass is 19.1. The van der Waals surface area contributed by atoms with Gasteiger partial charge in [-0.25, -0.2) is 4.98 Å². The first-order valence-corrected chi connectivity index (χ1v) is 16.5. The minimum atomic E-state index is -0.859. The average Bonchev–Trinajstić information content (AvgIpc) is 3.72. The Morgan fingerprint density at radius 3 is 1.48 bits per heavy atom. The summed E-state index contributed by atoms with van der Waals surface area (Å²) in [5.41, 5.74) is 3.46. The number of carbonyl (C=O) groups excluding carboxylic acids is 2. The van der Waals surface area contributed by atoms with E-state index in [2.05, 4.69) is 25.6 Å². The fourth-order valence-corrected chi connectivity index (χ4v) is 5.24. The van der Waals surface area contributed by atoms with Crippen LogP contribution in [0.4, 0.5) is 8.78 Å². The van der Waals surface area contributed by atoms with Crippen molar-refractivity contribution in [2.75, 3.05) is 13.3 Å². The average molecular weight is 660 g/mol. The number of alkyl halides is 2. The van der Waals surface area contributed by atoms with Gasteiger partial charge in [0.15, 0.2) is 0 Å². The summed E-state index contributed by atoms with van der Waals surface area (Å²) in [5, 5.41) is 6.05. The van der Waals surface area contributed by atoms with Crippen LogP contribution in [0, 0.1) is 21.7 Å². The van der Waals surface area contributed by atoms with Gasteiger partial charge in [0.25, 0.3) is 0 Å². The first-order chi connectivity index (χ1) is 22.3. The number of halogens is 2. The molecule has 9 heteroatoms. The van der Waals surface area contributed by atoms with Crippen LogP contribution < -0.4 is 10.6 Å². The maximum Gasteiger partial charge on any atom is 0.225 e. The van der Waals surface area contributed by atoms with Crippen molar-refractivity contribution in [3.63, 3.8) is 0 Å². The molecule has 0 spiro atoms. The number of rotatable bonds is 11. The van der Waals surface area contributed by atoms with Crippen molar-refractivity contribution < 1.29 is 18.4 Å². The van der Waals surface area contributed by atoms with Crippen LogP contribution in [-0.4, -0.2) is 40.1 Å². The topological polar surface area (TPSA) is 103 Å². The first-order valence-electron chi connectivity index (χ1n) is 16.5. The Balaban J connectivity index is 1.52. The van der Waals surface area contributed by atoms with Crippen molar-refractivity contribution in [1.82, 2.24) is 25.6 Å². The third-order valence-corrected chi connectivity index (χ3v) is 8.78. The number of aromatic nitrogens is 3. The van der Waals surface area contributed by atoms with Gasteiger partial charge in [-0.3, -0.25) is 18.4 Å². The lowest BCUT2D eigenvalue weighted by molar-refractivity contribution is -0.131. The van der Waals surface area contributed by atoms with Gasteiger partial charge in [-0.15, -0.1) is 0 Å². The van der Waals surface area contributed by atoms with Crippen LogP contribution in [0.5, 0.6) is 0 Å². The molecule has 0 saturated heterocycles. The molecule has 2 aromatic heterocycles.